The average Bonchev–Trinajstić information content (AvgIpc) is 4.07. The van der Waals surface area contributed by atoms with E-state index in [0.717, 1.165) is 37.7 Å². The van der Waals surface area contributed by atoms with Crippen LogP contribution in [0, 0.1) is 102 Å². The second-order valence-electron chi connectivity index (χ2n) is 17.3. The van der Waals surface area contributed by atoms with Crippen molar-refractivity contribution in [2.75, 3.05) is 0 Å². The van der Waals surface area contributed by atoms with Crippen LogP contribution in [0.1, 0.15) is 110 Å². The smallest absolute Gasteiger partial charge is 0.0447 e. The Hall–Kier alpha value is -5.37. The van der Waals surface area contributed by atoms with Crippen LogP contribution in [0.4, 0.5) is 0 Å². The normalized spacial score (nSPS) is 15.6. The second kappa shape index (κ2) is 22.8. The van der Waals surface area contributed by atoms with Gasteiger partial charge in [0.25, 0.3) is 0 Å². The first-order valence-corrected chi connectivity index (χ1v) is 24.5. The Morgan fingerprint density at radius 2 is 1.13 bits per heavy atom. The maximum Gasteiger partial charge on any atom is 0.0447 e. The monoisotopic (exact) mass is 920 g/mol. The molecule has 0 saturated heterocycles. The lowest BCUT2D eigenvalue weighted by molar-refractivity contribution is 0.783. The summed E-state index contributed by atoms with van der Waals surface area (Å²) in [4.78, 5) is 0. The molecule has 0 unspecified atom stereocenters. The van der Waals surface area contributed by atoms with Crippen molar-refractivity contribution in [3.63, 3.8) is 0 Å². The Kier molecular flexibility index (Phi) is 16.5. The van der Waals surface area contributed by atoms with Crippen molar-refractivity contribution >= 4 is 49.6 Å². The highest BCUT2D eigenvalue weighted by Crippen LogP contribution is 2.44. The third kappa shape index (κ3) is 17.0. The number of thiophene rings is 1. The van der Waals surface area contributed by atoms with Gasteiger partial charge >= 0.3 is 0 Å². The molecule has 314 valence electrons. The third-order valence-corrected chi connectivity index (χ3v) is 12.5. The molecule has 0 radical (unpaired) electrons. The predicted octanol–water partition coefficient (Wildman–Crippen LogP) is 15.9. The molecule has 63 heavy (non-hydrogen) atoms. The van der Waals surface area contributed by atoms with E-state index in [2.05, 4.69) is 173 Å². The van der Waals surface area contributed by atoms with Gasteiger partial charge in [0.1, 0.15) is 0 Å². The van der Waals surface area contributed by atoms with Crippen molar-refractivity contribution < 1.29 is 0 Å². The van der Waals surface area contributed by atoms with Gasteiger partial charge in [0.15, 0.2) is 0 Å². The van der Waals surface area contributed by atoms with E-state index in [-0.39, 0.29) is 0 Å². The molecule has 6 aromatic rings. The van der Waals surface area contributed by atoms with Gasteiger partial charge in [-0.15, -0.1) is 0 Å². The Balaban J connectivity index is 0.000000119. The molecule has 1 heterocycles. The molecule has 1 aromatic heterocycles. The molecule has 0 spiro atoms. The standard InChI is InChI=1S/C15H12.C12H11Br.C12H11Cl.C12H12.C9H8S/c1-2-7-15-13(4-1)5-3-6-14(15)11-10-12-8-9-12;1-9-8-12(13)7-6-11(9)5-4-10-2-3-10;1-9-2-3-11(8-12(9)13)7-6-10-4-5-10;1-12(9-10-12)8-7-11-5-3-2-4-6-11;1-2-8(1)3-4-9-5-6-10-7-9/h1-7,12H,8-9H2;6-8,10H,2-3H2,1H3;2-3,8,10H,4-5H2,1H3;2-6H,9-10H2,1H3;5-8H,1-2H2. The number of benzene rings is 5. The lowest BCUT2D eigenvalue weighted by atomic mass is 10.1. The van der Waals surface area contributed by atoms with Gasteiger partial charge in [-0.25, -0.2) is 0 Å². The van der Waals surface area contributed by atoms with E-state index in [1.165, 1.54) is 91.7 Å². The number of rotatable bonds is 0. The van der Waals surface area contributed by atoms with Crippen LogP contribution >= 0.6 is 38.9 Å². The van der Waals surface area contributed by atoms with Crippen LogP contribution in [-0.4, -0.2) is 0 Å². The first-order valence-electron chi connectivity index (χ1n) is 22.3. The first-order chi connectivity index (χ1) is 30.7. The van der Waals surface area contributed by atoms with Gasteiger partial charge in [-0.05, 0) is 167 Å². The van der Waals surface area contributed by atoms with Crippen molar-refractivity contribution in [1.29, 1.82) is 0 Å². The van der Waals surface area contributed by atoms with Crippen molar-refractivity contribution in [3.05, 3.63) is 174 Å². The molecule has 0 N–H and O–H groups in total. The summed E-state index contributed by atoms with van der Waals surface area (Å²) < 4.78 is 1.13. The van der Waals surface area contributed by atoms with Gasteiger partial charge in [-0.3, -0.25) is 0 Å². The maximum absolute atomic E-state index is 5.98. The lowest BCUT2D eigenvalue weighted by Gasteiger charge is -1.98. The summed E-state index contributed by atoms with van der Waals surface area (Å²) in [7, 11) is 0. The second-order valence-corrected chi connectivity index (χ2v) is 19.4. The average molecular weight is 923 g/mol. The molecule has 0 bridgehead atoms. The molecule has 3 heteroatoms. The molecule has 0 aliphatic heterocycles. The fourth-order valence-electron chi connectivity index (χ4n) is 5.81. The molecular weight excluding hydrogens is 868 g/mol. The van der Waals surface area contributed by atoms with Gasteiger partial charge in [0.05, 0.1) is 0 Å². The van der Waals surface area contributed by atoms with Crippen LogP contribution in [0.2, 0.25) is 5.02 Å². The van der Waals surface area contributed by atoms with Gasteiger partial charge in [-0.1, -0.05) is 147 Å². The maximum atomic E-state index is 5.98. The fraction of sp³-hybridized carbons (Fsp3) is 0.300. The molecule has 0 nitrogen and oxygen atoms in total. The Bertz CT molecular complexity index is 2790. The van der Waals surface area contributed by atoms with E-state index in [0.29, 0.717) is 23.2 Å². The summed E-state index contributed by atoms with van der Waals surface area (Å²) in [5, 5.41) is 7.52. The minimum Gasteiger partial charge on any atom is -0.151 e. The zero-order chi connectivity index (χ0) is 43.9. The summed E-state index contributed by atoms with van der Waals surface area (Å²) >= 11 is 11.1. The van der Waals surface area contributed by atoms with Crippen LogP contribution in [0.15, 0.2) is 130 Å². The SMILES string of the molecule is C(#CC1CC1)c1cccc2ccccc12.C(#CC1CC1)c1ccsc1.CC1(C#Cc2ccccc2)CC1.Cc1cc(Br)ccc1C#CC1CC1.Cc1ccc(C#CC2CC2)cc1Cl. The minimum atomic E-state index is 0.343. The summed E-state index contributed by atoms with van der Waals surface area (Å²) in [5.74, 6) is 35.1. The number of aryl methyl sites for hydroxylation is 2. The van der Waals surface area contributed by atoms with E-state index in [1.807, 2.05) is 49.4 Å². The van der Waals surface area contributed by atoms with E-state index in [1.54, 1.807) is 11.3 Å². The number of hydrogen-bond acceptors (Lipinski definition) is 1. The largest absolute Gasteiger partial charge is 0.151 e. The van der Waals surface area contributed by atoms with Gasteiger partial charge in [-0.2, -0.15) is 11.3 Å². The number of halogens is 2. The molecule has 5 aliphatic rings. The molecule has 0 amide bonds. The van der Waals surface area contributed by atoms with Crippen LogP contribution < -0.4 is 0 Å². The zero-order valence-electron chi connectivity index (χ0n) is 36.7. The first kappa shape index (κ1) is 45.6. The van der Waals surface area contributed by atoms with Crippen molar-refractivity contribution in [1.82, 2.24) is 0 Å². The molecule has 5 aliphatic carbocycles. The minimum absolute atomic E-state index is 0.343. The highest BCUT2D eigenvalue weighted by Gasteiger charge is 2.35. The molecule has 11 rings (SSSR count). The zero-order valence-corrected chi connectivity index (χ0v) is 39.8. The summed E-state index contributed by atoms with van der Waals surface area (Å²) in [6, 6.07) is 39.2. The highest BCUT2D eigenvalue weighted by molar-refractivity contribution is 9.10. The van der Waals surface area contributed by atoms with Crippen molar-refractivity contribution in [2.45, 2.75) is 85.0 Å². The number of fused-ring (bicyclic) bond motifs is 1. The topological polar surface area (TPSA) is 0 Å². The lowest BCUT2D eigenvalue weighted by Crippen LogP contribution is -1.84. The third-order valence-electron chi connectivity index (χ3n) is 10.9. The highest BCUT2D eigenvalue weighted by atomic mass is 79.9. The number of hydrogen-bond donors (Lipinski definition) is 0. The van der Waals surface area contributed by atoms with Crippen LogP contribution in [0.3, 0.4) is 0 Å². The van der Waals surface area contributed by atoms with Crippen LogP contribution in [0.25, 0.3) is 10.8 Å². The Morgan fingerprint density at radius 3 is 1.71 bits per heavy atom. The van der Waals surface area contributed by atoms with Gasteiger partial charge in [0.2, 0.25) is 0 Å². The van der Waals surface area contributed by atoms with E-state index in [4.69, 9.17) is 11.6 Å². The molecule has 0 atom stereocenters. The fourth-order valence-corrected chi connectivity index (χ4v) is 7.05. The quantitative estimate of drug-likeness (QED) is 0.133. The molecule has 5 saturated carbocycles. The van der Waals surface area contributed by atoms with Crippen molar-refractivity contribution in [2.24, 2.45) is 29.1 Å². The summed E-state index contributed by atoms with van der Waals surface area (Å²) in [6.07, 6.45) is 12.9. The Labute approximate surface area is 394 Å². The van der Waals surface area contributed by atoms with E-state index < -0.39 is 0 Å². The van der Waals surface area contributed by atoms with E-state index in [9.17, 15) is 0 Å². The van der Waals surface area contributed by atoms with Crippen LogP contribution in [0.5, 0.6) is 0 Å². The van der Waals surface area contributed by atoms with Gasteiger partial charge < -0.3 is 0 Å². The summed E-state index contributed by atoms with van der Waals surface area (Å²) in [5.41, 5.74) is 8.37. The Morgan fingerprint density at radius 1 is 0.540 bits per heavy atom. The molecule has 5 fully saturated rings. The van der Waals surface area contributed by atoms with Gasteiger partial charge in [0, 0.05) is 71.8 Å². The summed E-state index contributed by atoms with van der Waals surface area (Å²) in [6.45, 7) is 6.32. The van der Waals surface area contributed by atoms with Crippen LogP contribution in [-0.2, 0) is 0 Å². The van der Waals surface area contributed by atoms with E-state index >= 15 is 0 Å². The molecular formula is C60H54BrClS. The van der Waals surface area contributed by atoms with Crippen molar-refractivity contribution in [3.8, 4) is 59.2 Å². The molecule has 5 aromatic carbocycles. The predicted molar refractivity (Wildman–Crippen MR) is 272 cm³/mol.